The number of nitrogens with one attached hydrogen (secondary N) is 1. The highest BCUT2D eigenvalue weighted by Gasteiger charge is 2.39. The summed E-state index contributed by atoms with van der Waals surface area (Å²) < 4.78 is 33.9. The fourth-order valence-corrected chi connectivity index (χ4v) is 5.94. The lowest BCUT2D eigenvalue weighted by Gasteiger charge is -2.34. The van der Waals surface area contributed by atoms with Gasteiger partial charge in [0, 0.05) is 20.5 Å². The number of sulfonamides is 1. The van der Waals surface area contributed by atoms with Crippen LogP contribution in [0, 0.1) is 12.8 Å². The molecule has 0 saturated carbocycles. The van der Waals surface area contributed by atoms with Gasteiger partial charge in [-0.1, -0.05) is 13.0 Å². The van der Waals surface area contributed by atoms with E-state index < -0.39 is 15.9 Å². The van der Waals surface area contributed by atoms with Crippen molar-refractivity contribution in [2.45, 2.75) is 64.6 Å². The molecule has 1 fully saturated rings. The van der Waals surface area contributed by atoms with Crippen molar-refractivity contribution in [1.29, 1.82) is 0 Å². The molecule has 0 bridgehead atoms. The van der Waals surface area contributed by atoms with Gasteiger partial charge in [-0.2, -0.15) is 8.42 Å². The molecule has 3 N–H and O–H groups in total. The molecule has 0 spiro atoms. The Hall–Kier alpha value is -3.66. The fourth-order valence-electron chi connectivity index (χ4n) is 5.00. The van der Waals surface area contributed by atoms with Crippen LogP contribution in [-0.4, -0.2) is 42.5 Å². The highest BCUT2D eigenvalue weighted by Crippen LogP contribution is 2.38. The molecule has 1 saturated heterocycles. The molecule has 4 rings (SSSR count). The Labute approximate surface area is 227 Å². The number of carbonyl (C=O) groups is 1. The minimum Gasteiger partial charge on any atom is -0.491 e. The Morgan fingerprint density at radius 1 is 1.18 bits per heavy atom. The third kappa shape index (κ3) is 5.91. The number of carbonyl (C=O) groups excluding carboxylic acids is 1. The standard InChI is InChI=1S/C28H35N5O4S.2H2/c1-17(2)37-21-13-18(3)12-20(14-21)23-11-10-22(26(30-23)33-16-19(4)15-28(33,5)6)27(34)32-38(35,36)25-9-7-8-24(29)31-25;;/h7-14,17,19H,15-16H2,1-6H3,(H2,29,31)(H,32,34);2*1H/t19-;;/m0../s1. The lowest BCUT2D eigenvalue weighted by Crippen LogP contribution is -2.41. The number of pyridine rings is 2. The number of anilines is 2. The van der Waals surface area contributed by atoms with Crippen molar-refractivity contribution >= 4 is 27.6 Å². The zero-order valence-corrected chi connectivity index (χ0v) is 23.5. The van der Waals surface area contributed by atoms with E-state index >= 15 is 0 Å². The molecule has 10 heteroatoms. The summed E-state index contributed by atoms with van der Waals surface area (Å²) >= 11 is 0. The molecule has 206 valence electrons. The molecule has 1 aliphatic rings. The summed E-state index contributed by atoms with van der Waals surface area (Å²) in [4.78, 5) is 24.3. The first kappa shape index (κ1) is 27.4. The third-order valence-electron chi connectivity index (χ3n) is 6.41. The first-order valence-electron chi connectivity index (χ1n) is 12.6. The summed E-state index contributed by atoms with van der Waals surface area (Å²) in [6.45, 7) is 13.0. The Balaban J connectivity index is 0.00000280. The molecule has 0 unspecified atom stereocenters. The maximum Gasteiger partial charge on any atom is 0.281 e. The fraction of sp³-hybridized carbons (Fsp3) is 0.393. The summed E-state index contributed by atoms with van der Waals surface area (Å²) in [7, 11) is -4.25. The van der Waals surface area contributed by atoms with Gasteiger partial charge in [0.2, 0.25) is 0 Å². The van der Waals surface area contributed by atoms with Crippen LogP contribution in [0.2, 0.25) is 0 Å². The number of aryl methyl sites for hydroxylation is 1. The van der Waals surface area contributed by atoms with Crippen LogP contribution in [0.4, 0.5) is 11.6 Å². The number of amides is 1. The van der Waals surface area contributed by atoms with Gasteiger partial charge in [0.15, 0.2) is 5.03 Å². The maximum atomic E-state index is 13.4. The molecule has 1 aliphatic heterocycles. The van der Waals surface area contributed by atoms with Gasteiger partial charge >= 0.3 is 0 Å². The Bertz CT molecular complexity index is 1480. The van der Waals surface area contributed by atoms with Gasteiger partial charge in [0.25, 0.3) is 15.9 Å². The number of aromatic nitrogens is 2. The van der Waals surface area contributed by atoms with Gasteiger partial charge in [-0.25, -0.2) is 14.7 Å². The monoisotopic (exact) mass is 541 g/mol. The van der Waals surface area contributed by atoms with Crippen LogP contribution in [0.15, 0.2) is 53.6 Å². The molecule has 9 nitrogen and oxygen atoms in total. The van der Waals surface area contributed by atoms with Crippen molar-refractivity contribution in [2.24, 2.45) is 5.92 Å². The zero-order chi connectivity index (χ0) is 27.8. The van der Waals surface area contributed by atoms with Crippen LogP contribution in [0.5, 0.6) is 5.75 Å². The van der Waals surface area contributed by atoms with E-state index in [4.69, 9.17) is 15.5 Å². The SMILES string of the molecule is Cc1cc(OC(C)C)cc(-c2ccc(C(=O)NS(=O)(=O)c3cccc(N)n3)c(N3C[C@@H](C)CC3(C)C)n2)c1.[HH].[HH]. The van der Waals surface area contributed by atoms with Gasteiger partial charge in [0.05, 0.1) is 17.4 Å². The molecule has 3 aromatic rings. The van der Waals surface area contributed by atoms with E-state index in [1.165, 1.54) is 18.2 Å². The third-order valence-corrected chi connectivity index (χ3v) is 7.65. The molecule has 1 aromatic carbocycles. The van der Waals surface area contributed by atoms with E-state index in [1.54, 1.807) is 12.1 Å². The quantitative estimate of drug-likeness (QED) is 0.425. The smallest absolute Gasteiger partial charge is 0.281 e. The van der Waals surface area contributed by atoms with Gasteiger partial charge < -0.3 is 15.4 Å². The molecular weight excluding hydrogens is 502 g/mol. The largest absolute Gasteiger partial charge is 0.491 e. The Morgan fingerprint density at radius 2 is 1.92 bits per heavy atom. The number of nitrogen functional groups attached to an aromatic ring is 1. The van der Waals surface area contributed by atoms with Crippen molar-refractivity contribution in [1.82, 2.24) is 14.7 Å². The topological polar surface area (TPSA) is 128 Å². The molecule has 0 aliphatic carbocycles. The lowest BCUT2D eigenvalue weighted by molar-refractivity contribution is 0.0981. The van der Waals surface area contributed by atoms with Gasteiger partial charge in [-0.15, -0.1) is 0 Å². The number of ether oxygens (including phenoxy) is 1. The van der Waals surface area contributed by atoms with E-state index in [0.717, 1.165) is 23.3 Å². The maximum absolute atomic E-state index is 13.4. The van der Waals surface area contributed by atoms with Crippen LogP contribution in [-0.2, 0) is 10.0 Å². The van der Waals surface area contributed by atoms with E-state index in [2.05, 4.69) is 35.4 Å². The number of rotatable bonds is 7. The zero-order valence-electron chi connectivity index (χ0n) is 22.6. The van der Waals surface area contributed by atoms with E-state index in [9.17, 15) is 13.2 Å². The predicted molar refractivity (Wildman–Crippen MR) is 153 cm³/mol. The molecule has 2 aromatic heterocycles. The minimum absolute atomic E-state index is 0. The summed E-state index contributed by atoms with van der Waals surface area (Å²) in [6.07, 6.45) is 0.921. The lowest BCUT2D eigenvalue weighted by atomic mass is 9.97. The van der Waals surface area contributed by atoms with Crippen molar-refractivity contribution in [3.8, 4) is 17.0 Å². The summed E-state index contributed by atoms with van der Waals surface area (Å²) in [6, 6.07) is 13.5. The minimum atomic E-state index is -4.25. The van der Waals surface area contributed by atoms with E-state index in [1.807, 2.05) is 39.0 Å². The normalized spacial score (nSPS) is 17.0. The predicted octanol–water partition coefficient (Wildman–Crippen LogP) is 5.06. The van der Waals surface area contributed by atoms with Crippen molar-refractivity contribution < 1.29 is 20.8 Å². The number of hydrogen-bond acceptors (Lipinski definition) is 8. The second-order valence-corrected chi connectivity index (χ2v) is 12.5. The van der Waals surface area contributed by atoms with E-state index in [0.29, 0.717) is 24.0 Å². The van der Waals surface area contributed by atoms with Crippen molar-refractivity contribution in [3.63, 3.8) is 0 Å². The average molecular weight is 542 g/mol. The first-order valence-corrected chi connectivity index (χ1v) is 14.1. The first-order chi connectivity index (χ1) is 17.7. The van der Waals surface area contributed by atoms with Crippen molar-refractivity contribution in [3.05, 3.63) is 59.7 Å². The average Bonchev–Trinajstić information content (AvgIpc) is 3.09. The number of benzene rings is 1. The molecule has 38 heavy (non-hydrogen) atoms. The molecule has 1 atom stereocenters. The van der Waals surface area contributed by atoms with E-state index in [-0.39, 0.29) is 30.9 Å². The molecule has 1 amide bonds. The highest BCUT2D eigenvalue weighted by molar-refractivity contribution is 7.90. The number of nitrogens with zero attached hydrogens (tertiary/aromatic N) is 3. The van der Waals surface area contributed by atoms with Gasteiger partial charge in [-0.3, -0.25) is 4.79 Å². The molecular formula is C28H39N5O4S. The molecule has 3 heterocycles. The second kappa shape index (κ2) is 10.2. The highest BCUT2D eigenvalue weighted by atomic mass is 32.2. The Kier molecular flexibility index (Phi) is 7.38. The van der Waals surface area contributed by atoms with Crippen LogP contribution >= 0.6 is 0 Å². The van der Waals surface area contributed by atoms with Crippen LogP contribution < -0.4 is 20.1 Å². The summed E-state index contributed by atoms with van der Waals surface area (Å²) in [5.41, 5.74) is 8.04. The number of nitrogens with two attached hydrogens (primary N) is 1. The van der Waals surface area contributed by atoms with Crippen molar-refractivity contribution in [2.75, 3.05) is 17.2 Å². The number of hydrogen-bond donors (Lipinski definition) is 2. The molecule has 0 radical (unpaired) electrons. The second-order valence-electron chi connectivity index (χ2n) is 10.8. The van der Waals surface area contributed by atoms with Crippen LogP contribution in [0.25, 0.3) is 11.3 Å². The van der Waals surface area contributed by atoms with Gasteiger partial charge in [-0.05, 0) is 95.0 Å². The van der Waals surface area contributed by atoms with Gasteiger partial charge in [0.1, 0.15) is 17.4 Å². The summed E-state index contributed by atoms with van der Waals surface area (Å²) in [5, 5.41) is -0.329. The van der Waals surface area contributed by atoms with Crippen LogP contribution in [0.3, 0.4) is 0 Å². The summed E-state index contributed by atoms with van der Waals surface area (Å²) in [5.74, 6) is 0.788. The van der Waals surface area contributed by atoms with Crippen LogP contribution in [0.1, 0.15) is 59.8 Å². The Morgan fingerprint density at radius 3 is 2.55 bits per heavy atom.